The Morgan fingerprint density at radius 3 is 2.28 bits per heavy atom. The van der Waals surface area contributed by atoms with E-state index < -0.39 is 5.97 Å². The Morgan fingerprint density at radius 2 is 1.59 bits per heavy atom. The lowest BCUT2D eigenvalue weighted by Gasteiger charge is -2.31. The second kappa shape index (κ2) is 9.39. The average Bonchev–Trinajstić information content (AvgIpc) is 2.85. The fourth-order valence-corrected chi connectivity index (χ4v) is 4.57. The molecule has 1 saturated carbocycles. The van der Waals surface area contributed by atoms with Crippen molar-refractivity contribution in [3.05, 3.63) is 70.6 Å². The fraction of sp³-hybridized carbons (Fsp3) is 0.346. The molecule has 0 spiro atoms. The van der Waals surface area contributed by atoms with E-state index in [-0.39, 0.29) is 29.8 Å². The number of ether oxygens (including phenoxy) is 1. The molecule has 4 rings (SSSR count). The predicted molar refractivity (Wildman–Crippen MR) is 125 cm³/mol. The number of aromatic nitrogens is 1. The summed E-state index contributed by atoms with van der Waals surface area (Å²) in [7, 11) is 3.33. The summed E-state index contributed by atoms with van der Waals surface area (Å²) >= 11 is 0. The van der Waals surface area contributed by atoms with Gasteiger partial charge < -0.3 is 14.2 Å². The molecular weight excluding hydrogens is 404 g/mol. The molecule has 2 aromatic carbocycles. The van der Waals surface area contributed by atoms with Crippen LogP contribution in [0, 0.1) is 0 Å². The first-order valence-corrected chi connectivity index (χ1v) is 11.1. The van der Waals surface area contributed by atoms with Crippen molar-refractivity contribution in [2.24, 2.45) is 7.05 Å². The van der Waals surface area contributed by atoms with Gasteiger partial charge in [-0.1, -0.05) is 67.8 Å². The lowest BCUT2D eigenvalue weighted by Crippen LogP contribution is -2.40. The largest absolute Gasteiger partial charge is 0.451 e. The van der Waals surface area contributed by atoms with Crippen LogP contribution in [0.1, 0.15) is 42.6 Å². The Bertz CT molecular complexity index is 1190. The summed E-state index contributed by atoms with van der Waals surface area (Å²) in [5.74, 6) is -0.906. The molecule has 32 heavy (non-hydrogen) atoms. The van der Waals surface area contributed by atoms with Crippen molar-refractivity contribution in [2.45, 2.75) is 38.1 Å². The number of carbonyl (C=O) groups excluding carboxylic acids is 2. The summed E-state index contributed by atoms with van der Waals surface area (Å²) < 4.78 is 6.78. The van der Waals surface area contributed by atoms with E-state index in [0.717, 1.165) is 31.2 Å². The monoisotopic (exact) mass is 432 g/mol. The second-order valence-electron chi connectivity index (χ2n) is 8.37. The number of nitrogens with zero attached hydrogens (tertiary/aromatic N) is 2. The Balaban J connectivity index is 1.67. The van der Waals surface area contributed by atoms with E-state index in [9.17, 15) is 14.4 Å². The van der Waals surface area contributed by atoms with Gasteiger partial charge in [-0.3, -0.25) is 9.59 Å². The minimum Gasteiger partial charge on any atom is -0.451 e. The number of esters is 1. The van der Waals surface area contributed by atoms with Crippen LogP contribution in [0.4, 0.5) is 0 Å². The molecule has 0 aliphatic heterocycles. The highest BCUT2D eigenvalue weighted by atomic mass is 16.5. The number of amides is 1. The lowest BCUT2D eigenvalue weighted by atomic mass is 9.94. The number of hydrogen-bond acceptors (Lipinski definition) is 4. The molecule has 0 unspecified atom stereocenters. The molecule has 3 aromatic rings. The third kappa shape index (κ3) is 4.17. The molecule has 0 saturated heterocycles. The van der Waals surface area contributed by atoms with Crippen LogP contribution in [0.25, 0.3) is 21.9 Å². The normalized spacial score (nSPS) is 14.3. The quantitative estimate of drug-likeness (QED) is 0.568. The summed E-state index contributed by atoms with van der Waals surface area (Å²) in [6.07, 6.45) is 5.39. The zero-order chi connectivity index (χ0) is 22.7. The zero-order valence-corrected chi connectivity index (χ0v) is 18.5. The van der Waals surface area contributed by atoms with Crippen LogP contribution in [0.2, 0.25) is 0 Å². The highest BCUT2D eigenvalue weighted by Crippen LogP contribution is 2.31. The molecule has 1 aliphatic carbocycles. The van der Waals surface area contributed by atoms with Crippen molar-refractivity contribution < 1.29 is 14.3 Å². The first kappa shape index (κ1) is 21.8. The third-order valence-corrected chi connectivity index (χ3v) is 6.40. The minimum atomic E-state index is -0.681. The zero-order valence-electron chi connectivity index (χ0n) is 18.5. The molecule has 1 heterocycles. The van der Waals surface area contributed by atoms with Crippen molar-refractivity contribution in [1.29, 1.82) is 0 Å². The summed E-state index contributed by atoms with van der Waals surface area (Å²) in [4.78, 5) is 40.6. The summed E-state index contributed by atoms with van der Waals surface area (Å²) in [5, 5.41) is 1.21. The van der Waals surface area contributed by atoms with Crippen molar-refractivity contribution in [1.82, 2.24) is 9.47 Å². The van der Waals surface area contributed by atoms with E-state index in [1.54, 1.807) is 31.1 Å². The first-order valence-electron chi connectivity index (χ1n) is 11.1. The number of likely N-dealkylation sites (N-methyl/N-ethyl adjacent to an activating group) is 1. The van der Waals surface area contributed by atoms with Crippen molar-refractivity contribution in [2.75, 3.05) is 13.7 Å². The predicted octanol–water partition coefficient (Wildman–Crippen LogP) is 4.15. The SMILES string of the molecule is CN(C(=O)COC(=O)c1c(-c2ccccc2)c2ccccc2c(=O)n1C)C1CCCCC1. The summed E-state index contributed by atoms with van der Waals surface area (Å²) in [6.45, 7) is -0.346. The topological polar surface area (TPSA) is 68.6 Å². The maximum atomic E-state index is 13.2. The molecule has 166 valence electrons. The van der Waals surface area contributed by atoms with Crippen LogP contribution < -0.4 is 5.56 Å². The molecule has 0 radical (unpaired) electrons. The van der Waals surface area contributed by atoms with Gasteiger partial charge in [0.2, 0.25) is 0 Å². The fourth-order valence-electron chi connectivity index (χ4n) is 4.57. The molecule has 1 fully saturated rings. The molecule has 1 amide bonds. The molecule has 6 heteroatoms. The summed E-state index contributed by atoms with van der Waals surface area (Å²) in [6, 6.07) is 16.9. The number of rotatable bonds is 5. The van der Waals surface area contributed by atoms with Gasteiger partial charge in [0.05, 0.1) is 0 Å². The Kier molecular flexibility index (Phi) is 6.40. The van der Waals surface area contributed by atoms with Gasteiger partial charge in [-0.2, -0.15) is 0 Å². The molecule has 0 N–H and O–H groups in total. The third-order valence-electron chi connectivity index (χ3n) is 6.40. The molecular formula is C26H28N2O4. The maximum absolute atomic E-state index is 13.2. The average molecular weight is 433 g/mol. The summed E-state index contributed by atoms with van der Waals surface area (Å²) in [5.41, 5.74) is 1.30. The first-order chi connectivity index (χ1) is 15.5. The Morgan fingerprint density at radius 1 is 0.969 bits per heavy atom. The molecule has 6 nitrogen and oxygen atoms in total. The van der Waals surface area contributed by atoms with Crippen molar-refractivity contribution >= 4 is 22.6 Å². The van der Waals surface area contributed by atoms with Gasteiger partial charge in [0.1, 0.15) is 5.69 Å². The van der Waals surface area contributed by atoms with Gasteiger partial charge in [-0.15, -0.1) is 0 Å². The van der Waals surface area contributed by atoms with Crippen LogP contribution in [0.15, 0.2) is 59.4 Å². The van der Waals surface area contributed by atoms with E-state index in [2.05, 4.69) is 0 Å². The van der Waals surface area contributed by atoms with Gasteiger partial charge in [0.25, 0.3) is 11.5 Å². The number of carbonyl (C=O) groups is 2. The van der Waals surface area contributed by atoms with E-state index in [1.807, 2.05) is 42.5 Å². The Hall–Kier alpha value is -3.41. The van der Waals surface area contributed by atoms with E-state index in [1.165, 1.54) is 11.0 Å². The molecule has 0 bridgehead atoms. The maximum Gasteiger partial charge on any atom is 0.356 e. The van der Waals surface area contributed by atoms with Crippen LogP contribution in [-0.4, -0.2) is 41.0 Å². The number of fused-ring (bicyclic) bond motifs is 1. The Labute approximate surface area is 187 Å². The highest BCUT2D eigenvalue weighted by molar-refractivity contribution is 6.07. The van der Waals surface area contributed by atoms with E-state index in [4.69, 9.17) is 4.74 Å². The van der Waals surface area contributed by atoms with Crippen molar-refractivity contribution in [3.63, 3.8) is 0 Å². The van der Waals surface area contributed by atoms with Gasteiger partial charge in [-0.25, -0.2) is 4.79 Å². The number of hydrogen-bond donors (Lipinski definition) is 0. The molecule has 0 atom stereocenters. The molecule has 1 aliphatic rings. The van der Waals surface area contributed by atoms with Gasteiger partial charge >= 0.3 is 5.97 Å². The minimum absolute atomic E-state index is 0.146. The van der Waals surface area contributed by atoms with E-state index >= 15 is 0 Å². The van der Waals surface area contributed by atoms with Crippen LogP contribution in [0.5, 0.6) is 0 Å². The van der Waals surface area contributed by atoms with Crippen LogP contribution in [0.3, 0.4) is 0 Å². The number of benzene rings is 2. The standard InChI is InChI=1S/C26H28N2O4/c1-27(19-13-7-4-8-14-19)22(29)17-32-26(31)24-23(18-11-5-3-6-12-18)20-15-9-10-16-21(20)25(30)28(24)2/h3,5-6,9-12,15-16,19H,4,7-8,13-14,17H2,1-2H3. The smallest absolute Gasteiger partial charge is 0.356 e. The van der Waals surface area contributed by atoms with E-state index in [0.29, 0.717) is 16.3 Å². The van der Waals surface area contributed by atoms with Crippen LogP contribution >= 0.6 is 0 Å². The number of pyridine rings is 1. The van der Waals surface area contributed by atoms with Crippen molar-refractivity contribution in [3.8, 4) is 11.1 Å². The second-order valence-corrected chi connectivity index (χ2v) is 8.37. The van der Waals surface area contributed by atoms with Gasteiger partial charge in [0, 0.05) is 31.1 Å². The van der Waals surface area contributed by atoms with Gasteiger partial charge in [0.15, 0.2) is 6.61 Å². The van der Waals surface area contributed by atoms with Crippen LogP contribution in [-0.2, 0) is 16.6 Å². The highest BCUT2D eigenvalue weighted by Gasteiger charge is 2.26. The van der Waals surface area contributed by atoms with Gasteiger partial charge in [-0.05, 0) is 29.9 Å². The lowest BCUT2D eigenvalue weighted by molar-refractivity contribution is -0.135. The molecule has 1 aromatic heterocycles.